The third kappa shape index (κ3) is 3.22. The van der Waals surface area contributed by atoms with Gasteiger partial charge in [0.2, 0.25) is 0 Å². The second kappa shape index (κ2) is 5.99. The number of aromatic nitrogens is 2. The number of nitrogens with one attached hydrogen (secondary N) is 1. The zero-order chi connectivity index (χ0) is 13.8. The van der Waals surface area contributed by atoms with Crippen molar-refractivity contribution in [3.8, 4) is 0 Å². The van der Waals surface area contributed by atoms with Crippen LogP contribution in [0.5, 0.6) is 0 Å². The number of hydrogen-bond donors (Lipinski definition) is 2. The first-order valence-electron chi connectivity index (χ1n) is 6.03. The molecule has 2 aromatic rings. The Morgan fingerprint density at radius 2 is 1.68 bits per heavy atom. The molecule has 0 bridgehead atoms. The summed E-state index contributed by atoms with van der Waals surface area (Å²) in [5.41, 5.74) is 3.97. The van der Waals surface area contributed by atoms with Gasteiger partial charge in [0, 0.05) is 6.54 Å². The smallest absolute Gasteiger partial charge is 0.155 e. The monoisotopic (exact) mass is 277 g/mol. The minimum Gasteiger partial charge on any atom is -0.392 e. The maximum absolute atomic E-state index is 8.98. The fourth-order valence-electron chi connectivity index (χ4n) is 1.69. The average Bonchev–Trinajstić information content (AvgIpc) is 2.45. The van der Waals surface area contributed by atoms with Crippen molar-refractivity contribution in [2.75, 3.05) is 5.32 Å². The normalized spacial score (nSPS) is 10.5. The highest BCUT2D eigenvalue weighted by Crippen LogP contribution is 2.21. The quantitative estimate of drug-likeness (QED) is 0.902. The van der Waals surface area contributed by atoms with E-state index in [4.69, 9.17) is 16.7 Å². The summed E-state index contributed by atoms with van der Waals surface area (Å²) in [6.45, 7) is 4.61. The van der Waals surface area contributed by atoms with Crippen molar-refractivity contribution < 1.29 is 5.11 Å². The van der Waals surface area contributed by atoms with E-state index in [-0.39, 0.29) is 6.61 Å². The maximum Gasteiger partial charge on any atom is 0.155 e. The van der Waals surface area contributed by atoms with Crippen LogP contribution in [0.15, 0.2) is 24.3 Å². The Morgan fingerprint density at radius 3 is 2.32 bits per heavy atom. The van der Waals surface area contributed by atoms with Gasteiger partial charge in [-0.15, -0.1) is 10.2 Å². The standard InChI is InChI=1S/C14H16ClN3O/c1-9-10(2)14(18-17-13(9)15)16-7-11-3-5-12(8-19)6-4-11/h3-6,19H,7-8H2,1-2H3,(H,16,18). The molecule has 1 aromatic heterocycles. The number of hydrogen-bond acceptors (Lipinski definition) is 4. The average molecular weight is 278 g/mol. The summed E-state index contributed by atoms with van der Waals surface area (Å²) in [6.07, 6.45) is 0. The number of halogens is 1. The first-order chi connectivity index (χ1) is 9.11. The van der Waals surface area contributed by atoms with E-state index < -0.39 is 0 Å². The van der Waals surface area contributed by atoms with Gasteiger partial charge in [0.05, 0.1) is 6.61 Å². The van der Waals surface area contributed by atoms with Gasteiger partial charge in [0.15, 0.2) is 11.0 Å². The number of aliphatic hydroxyl groups is 1. The molecule has 19 heavy (non-hydrogen) atoms. The third-order valence-corrected chi connectivity index (χ3v) is 3.49. The zero-order valence-electron chi connectivity index (χ0n) is 10.9. The maximum atomic E-state index is 8.98. The van der Waals surface area contributed by atoms with Crippen molar-refractivity contribution in [3.05, 3.63) is 51.7 Å². The molecule has 0 fully saturated rings. The molecule has 4 nitrogen and oxygen atoms in total. The van der Waals surface area contributed by atoms with Crippen molar-refractivity contribution in [1.29, 1.82) is 0 Å². The van der Waals surface area contributed by atoms with E-state index in [0.29, 0.717) is 11.7 Å². The summed E-state index contributed by atoms with van der Waals surface area (Å²) in [6, 6.07) is 7.76. The topological polar surface area (TPSA) is 58.0 Å². The Kier molecular flexibility index (Phi) is 4.35. The Labute approximate surface area is 117 Å². The Balaban J connectivity index is 2.08. The molecular weight excluding hydrogens is 262 g/mol. The van der Waals surface area contributed by atoms with Crippen LogP contribution in [0.4, 0.5) is 5.82 Å². The first kappa shape index (κ1) is 13.8. The fraction of sp³-hybridized carbons (Fsp3) is 0.286. The molecule has 0 amide bonds. The molecule has 0 radical (unpaired) electrons. The molecule has 0 aliphatic rings. The zero-order valence-corrected chi connectivity index (χ0v) is 11.7. The lowest BCUT2D eigenvalue weighted by molar-refractivity contribution is 0.282. The van der Waals surface area contributed by atoms with Crippen LogP contribution >= 0.6 is 11.6 Å². The predicted octanol–water partition coefficient (Wildman–Crippen LogP) is 2.85. The van der Waals surface area contributed by atoms with Gasteiger partial charge in [0.25, 0.3) is 0 Å². The van der Waals surface area contributed by atoms with Crippen LogP contribution in [0.2, 0.25) is 5.15 Å². The third-order valence-electron chi connectivity index (χ3n) is 3.13. The number of nitrogens with zero attached hydrogens (tertiary/aromatic N) is 2. The molecule has 0 saturated heterocycles. The van der Waals surface area contributed by atoms with E-state index in [1.165, 1.54) is 0 Å². The molecule has 0 aliphatic carbocycles. The van der Waals surface area contributed by atoms with Crippen LogP contribution in [0.1, 0.15) is 22.3 Å². The first-order valence-corrected chi connectivity index (χ1v) is 6.41. The second-order valence-electron chi connectivity index (χ2n) is 4.42. The molecule has 2 N–H and O–H groups in total. The molecule has 1 heterocycles. The summed E-state index contributed by atoms with van der Waals surface area (Å²) in [5.74, 6) is 0.744. The minimum atomic E-state index is 0.0642. The van der Waals surface area contributed by atoms with E-state index in [0.717, 1.165) is 28.1 Å². The van der Waals surface area contributed by atoms with Crippen molar-refractivity contribution in [3.63, 3.8) is 0 Å². The summed E-state index contributed by atoms with van der Waals surface area (Å²) >= 11 is 5.91. The Morgan fingerprint density at radius 1 is 1.05 bits per heavy atom. The van der Waals surface area contributed by atoms with Crippen LogP contribution in [-0.2, 0) is 13.2 Å². The van der Waals surface area contributed by atoms with Gasteiger partial charge in [-0.25, -0.2) is 0 Å². The van der Waals surface area contributed by atoms with Crippen LogP contribution in [0.25, 0.3) is 0 Å². The van der Waals surface area contributed by atoms with Crippen molar-refractivity contribution in [2.24, 2.45) is 0 Å². The molecule has 0 aliphatic heterocycles. The van der Waals surface area contributed by atoms with Gasteiger partial charge in [-0.3, -0.25) is 0 Å². The van der Waals surface area contributed by atoms with Gasteiger partial charge < -0.3 is 10.4 Å². The van der Waals surface area contributed by atoms with Gasteiger partial charge in [0.1, 0.15) is 0 Å². The van der Waals surface area contributed by atoms with E-state index in [2.05, 4.69) is 15.5 Å². The largest absolute Gasteiger partial charge is 0.392 e. The van der Waals surface area contributed by atoms with Crippen LogP contribution in [0.3, 0.4) is 0 Å². The summed E-state index contributed by atoms with van der Waals surface area (Å²) < 4.78 is 0. The lowest BCUT2D eigenvalue weighted by Gasteiger charge is -2.10. The lowest BCUT2D eigenvalue weighted by atomic mass is 10.1. The van der Waals surface area contributed by atoms with Gasteiger partial charge in [-0.1, -0.05) is 35.9 Å². The number of aliphatic hydroxyl groups excluding tert-OH is 1. The van der Waals surface area contributed by atoms with Gasteiger partial charge in [-0.05, 0) is 36.1 Å². The van der Waals surface area contributed by atoms with E-state index >= 15 is 0 Å². The van der Waals surface area contributed by atoms with Gasteiger partial charge >= 0.3 is 0 Å². The predicted molar refractivity (Wildman–Crippen MR) is 76.2 cm³/mol. The summed E-state index contributed by atoms with van der Waals surface area (Å²) in [5, 5.41) is 20.6. The fourth-order valence-corrected chi connectivity index (χ4v) is 1.87. The Hall–Kier alpha value is -1.65. The van der Waals surface area contributed by atoms with E-state index in [1.54, 1.807) is 0 Å². The number of anilines is 1. The SMILES string of the molecule is Cc1c(Cl)nnc(NCc2ccc(CO)cc2)c1C. The molecule has 0 unspecified atom stereocenters. The molecular formula is C14H16ClN3O. The van der Waals surface area contributed by atoms with Crippen molar-refractivity contribution in [2.45, 2.75) is 27.0 Å². The highest BCUT2D eigenvalue weighted by molar-refractivity contribution is 6.30. The molecule has 1 aromatic carbocycles. The number of benzene rings is 1. The summed E-state index contributed by atoms with van der Waals surface area (Å²) in [7, 11) is 0. The van der Waals surface area contributed by atoms with Crippen molar-refractivity contribution >= 4 is 17.4 Å². The van der Waals surface area contributed by atoms with Crippen LogP contribution in [0, 0.1) is 13.8 Å². The molecule has 0 saturated carbocycles. The number of rotatable bonds is 4. The molecule has 100 valence electrons. The molecule has 2 rings (SSSR count). The molecule has 5 heteroatoms. The van der Waals surface area contributed by atoms with E-state index in [9.17, 15) is 0 Å². The lowest BCUT2D eigenvalue weighted by Crippen LogP contribution is -2.06. The second-order valence-corrected chi connectivity index (χ2v) is 4.78. The van der Waals surface area contributed by atoms with E-state index in [1.807, 2.05) is 38.1 Å². The van der Waals surface area contributed by atoms with Crippen LogP contribution < -0.4 is 5.32 Å². The highest BCUT2D eigenvalue weighted by atomic mass is 35.5. The van der Waals surface area contributed by atoms with Gasteiger partial charge in [-0.2, -0.15) is 0 Å². The Bertz CT molecular complexity index is 570. The minimum absolute atomic E-state index is 0.0642. The van der Waals surface area contributed by atoms with Crippen LogP contribution in [-0.4, -0.2) is 15.3 Å². The molecule has 0 atom stereocenters. The van der Waals surface area contributed by atoms with Crippen molar-refractivity contribution in [1.82, 2.24) is 10.2 Å². The molecule has 0 spiro atoms. The summed E-state index contributed by atoms with van der Waals surface area (Å²) in [4.78, 5) is 0. The highest BCUT2D eigenvalue weighted by Gasteiger charge is 2.07.